The molecule has 3 heteroatoms. The van der Waals surface area contributed by atoms with E-state index in [2.05, 4.69) is 6.92 Å². The molecule has 0 fully saturated rings. The van der Waals surface area contributed by atoms with E-state index in [-0.39, 0.29) is 0 Å². The highest BCUT2D eigenvalue weighted by atomic mass is 16.5. The summed E-state index contributed by atoms with van der Waals surface area (Å²) >= 11 is 0. The zero-order valence-corrected chi connectivity index (χ0v) is 10.3. The average molecular weight is 224 g/mol. The predicted octanol–water partition coefficient (Wildman–Crippen LogP) is 2.67. The van der Waals surface area contributed by atoms with Gasteiger partial charge in [0.25, 0.3) is 0 Å². The van der Waals surface area contributed by atoms with Crippen molar-refractivity contribution in [3.63, 3.8) is 0 Å². The molecule has 16 heavy (non-hydrogen) atoms. The van der Waals surface area contributed by atoms with E-state index in [0.29, 0.717) is 0 Å². The van der Waals surface area contributed by atoms with Crippen LogP contribution in [0, 0.1) is 0 Å². The minimum Gasteiger partial charge on any atom is -0.497 e. The lowest BCUT2D eigenvalue weighted by atomic mass is 10.1. The van der Waals surface area contributed by atoms with Gasteiger partial charge in [-0.3, -0.25) is 0 Å². The fourth-order valence-corrected chi connectivity index (χ4v) is 1.45. The van der Waals surface area contributed by atoms with Crippen LogP contribution in [0.1, 0.15) is 18.9 Å². The van der Waals surface area contributed by atoms with Gasteiger partial charge in [-0.1, -0.05) is 6.92 Å². The molecule has 1 rings (SSSR count). The lowest BCUT2D eigenvalue weighted by Gasteiger charge is -2.08. The van der Waals surface area contributed by atoms with Crippen LogP contribution in [0.25, 0.3) is 0 Å². The molecule has 0 aromatic heterocycles. The van der Waals surface area contributed by atoms with Crippen LogP contribution in [0.5, 0.6) is 11.5 Å². The summed E-state index contributed by atoms with van der Waals surface area (Å²) in [7, 11) is 3.32. The summed E-state index contributed by atoms with van der Waals surface area (Å²) in [5.74, 6) is 1.65. The van der Waals surface area contributed by atoms with Gasteiger partial charge >= 0.3 is 0 Å². The van der Waals surface area contributed by atoms with Crippen molar-refractivity contribution < 1.29 is 14.2 Å². The molecular weight excluding hydrogens is 204 g/mol. The molecule has 0 atom stereocenters. The van der Waals surface area contributed by atoms with Crippen LogP contribution < -0.4 is 9.47 Å². The largest absolute Gasteiger partial charge is 0.497 e. The summed E-state index contributed by atoms with van der Waals surface area (Å²) in [5.41, 5.74) is 1.17. The maximum atomic E-state index is 5.45. The molecule has 0 aliphatic heterocycles. The van der Waals surface area contributed by atoms with Crippen molar-refractivity contribution in [1.29, 1.82) is 0 Å². The van der Waals surface area contributed by atoms with E-state index < -0.39 is 0 Å². The normalized spacial score (nSPS) is 10.2. The smallest absolute Gasteiger partial charge is 0.122 e. The van der Waals surface area contributed by atoms with Gasteiger partial charge in [0.15, 0.2) is 0 Å². The zero-order valence-electron chi connectivity index (χ0n) is 10.3. The molecule has 90 valence electrons. The number of hydrogen-bond donors (Lipinski definition) is 0. The third-order valence-corrected chi connectivity index (χ3v) is 2.29. The number of methoxy groups -OCH3 is 2. The fourth-order valence-electron chi connectivity index (χ4n) is 1.45. The van der Waals surface area contributed by atoms with Crippen molar-refractivity contribution >= 4 is 0 Å². The quantitative estimate of drug-likeness (QED) is 0.666. The van der Waals surface area contributed by atoms with Crippen LogP contribution in [-0.2, 0) is 11.2 Å². The van der Waals surface area contributed by atoms with E-state index in [0.717, 1.165) is 37.6 Å². The second-order valence-electron chi connectivity index (χ2n) is 3.58. The van der Waals surface area contributed by atoms with E-state index in [4.69, 9.17) is 14.2 Å². The third-order valence-electron chi connectivity index (χ3n) is 2.29. The van der Waals surface area contributed by atoms with Crippen molar-refractivity contribution in [2.75, 3.05) is 27.4 Å². The average Bonchev–Trinajstić information content (AvgIpc) is 2.34. The van der Waals surface area contributed by atoms with Crippen molar-refractivity contribution in [1.82, 2.24) is 0 Å². The van der Waals surface area contributed by atoms with Crippen molar-refractivity contribution in [3.05, 3.63) is 23.8 Å². The highest BCUT2D eigenvalue weighted by molar-refractivity contribution is 5.38. The second kappa shape index (κ2) is 7.12. The lowest BCUT2D eigenvalue weighted by Crippen LogP contribution is -2.00. The molecule has 0 heterocycles. The van der Waals surface area contributed by atoms with Crippen LogP contribution in [0.15, 0.2) is 18.2 Å². The van der Waals surface area contributed by atoms with Gasteiger partial charge in [-0.15, -0.1) is 0 Å². The minimum absolute atomic E-state index is 0.740. The molecule has 3 nitrogen and oxygen atoms in total. The van der Waals surface area contributed by atoms with E-state index in [9.17, 15) is 0 Å². The summed E-state index contributed by atoms with van der Waals surface area (Å²) in [6.45, 7) is 3.67. The first-order chi connectivity index (χ1) is 7.80. The summed E-state index contributed by atoms with van der Waals surface area (Å²) in [4.78, 5) is 0. The summed E-state index contributed by atoms with van der Waals surface area (Å²) in [6.07, 6.45) is 1.94. The molecule has 0 saturated carbocycles. The Kier molecular flexibility index (Phi) is 5.72. The Hall–Kier alpha value is -1.22. The summed E-state index contributed by atoms with van der Waals surface area (Å²) in [6, 6.07) is 5.89. The van der Waals surface area contributed by atoms with E-state index in [1.54, 1.807) is 14.2 Å². The monoisotopic (exact) mass is 224 g/mol. The molecule has 0 amide bonds. The summed E-state index contributed by atoms with van der Waals surface area (Å²) in [5, 5.41) is 0. The van der Waals surface area contributed by atoms with Crippen LogP contribution in [0.3, 0.4) is 0 Å². The zero-order chi connectivity index (χ0) is 11.8. The van der Waals surface area contributed by atoms with E-state index in [1.165, 1.54) is 5.56 Å². The molecule has 0 N–H and O–H groups in total. The number of ether oxygens (including phenoxy) is 3. The number of hydrogen-bond acceptors (Lipinski definition) is 3. The lowest BCUT2D eigenvalue weighted by molar-refractivity contribution is 0.138. The molecule has 0 aliphatic rings. The van der Waals surface area contributed by atoms with E-state index in [1.807, 2.05) is 18.2 Å². The van der Waals surface area contributed by atoms with Gasteiger partial charge in [-0.25, -0.2) is 0 Å². The Morgan fingerprint density at radius 3 is 2.06 bits per heavy atom. The minimum atomic E-state index is 0.740. The summed E-state index contributed by atoms with van der Waals surface area (Å²) < 4.78 is 15.9. The van der Waals surface area contributed by atoms with Gasteiger partial charge in [0, 0.05) is 12.7 Å². The van der Waals surface area contributed by atoms with Crippen molar-refractivity contribution in [2.24, 2.45) is 0 Å². The van der Waals surface area contributed by atoms with Gasteiger partial charge in [0.2, 0.25) is 0 Å². The Labute approximate surface area is 97.3 Å². The molecule has 0 radical (unpaired) electrons. The van der Waals surface area contributed by atoms with Gasteiger partial charge in [0.1, 0.15) is 11.5 Å². The first-order valence-corrected chi connectivity index (χ1v) is 5.59. The molecule has 0 unspecified atom stereocenters. The number of benzene rings is 1. The molecule has 1 aromatic carbocycles. The van der Waals surface area contributed by atoms with Gasteiger partial charge in [0.05, 0.1) is 20.8 Å². The van der Waals surface area contributed by atoms with Crippen LogP contribution in [0.2, 0.25) is 0 Å². The Balaban J connectivity index is 2.57. The molecule has 0 aliphatic carbocycles. The second-order valence-corrected chi connectivity index (χ2v) is 3.58. The Morgan fingerprint density at radius 1 is 0.938 bits per heavy atom. The highest BCUT2D eigenvalue weighted by Gasteiger charge is 2.01. The van der Waals surface area contributed by atoms with Crippen molar-refractivity contribution in [3.8, 4) is 11.5 Å². The SMILES string of the molecule is CCCOCCc1cc(OC)cc(OC)c1. The highest BCUT2D eigenvalue weighted by Crippen LogP contribution is 2.22. The Bertz CT molecular complexity index is 288. The topological polar surface area (TPSA) is 27.7 Å². The maximum absolute atomic E-state index is 5.45. The molecular formula is C13H20O3. The van der Waals surface area contributed by atoms with Gasteiger partial charge in [-0.05, 0) is 30.5 Å². The van der Waals surface area contributed by atoms with Crippen LogP contribution >= 0.6 is 0 Å². The first-order valence-electron chi connectivity index (χ1n) is 5.59. The van der Waals surface area contributed by atoms with Crippen molar-refractivity contribution in [2.45, 2.75) is 19.8 Å². The molecule has 0 spiro atoms. The van der Waals surface area contributed by atoms with Gasteiger partial charge in [-0.2, -0.15) is 0 Å². The van der Waals surface area contributed by atoms with Crippen LogP contribution in [0.4, 0.5) is 0 Å². The molecule has 1 aromatic rings. The third kappa shape index (κ3) is 4.11. The molecule has 0 bridgehead atoms. The standard InChI is InChI=1S/C13H20O3/c1-4-6-16-7-5-11-8-12(14-2)10-13(9-11)15-3/h8-10H,4-7H2,1-3H3. The van der Waals surface area contributed by atoms with E-state index >= 15 is 0 Å². The maximum Gasteiger partial charge on any atom is 0.122 e. The Morgan fingerprint density at radius 2 is 1.56 bits per heavy atom. The van der Waals surface area contributed by atoms with Crippen LogP contribution in [-0.4, -0.2) is 27.4 Å². The molecule has 0 saturated heterocycles. The fraction of sp³-hybridized carbons (Fsp3) is 0.538. The first kappa shape index (κ1) is 12.8. The predicted molar refractivity (Wildman–Crippen MR) is 64.4 cm³/mol. The number of rotatable bonds is 7. The van der Waals surface area contributed by atoms with Gasteiger partial charge < -0.3 is 14.2 Å².